The monoisotopic (exact) mass is 296 g/mol. The van der Waals surface area contributed by atoms with Crippen LogP contribution in [0, 0.1) is 0 Å². The topological polar surface area (TPSA) is 108 Å². The molecule has 1 aromatic carbocycles. The number of aromatic nitrogens is 2. The smallest absolute Gasteiger partial charge is 0.281 e. The molecule has 0 radical (unpaired) electrons. The third-order valence-corrected chi connectivity index (χ3v) is 4.30. The summed E-state index contributed by atoms with van der Waals surface area (Å²) in [4.78, 5) is 3.76. The van der Waals surface area contributed by atoms with Crippen LogP contribution in [0.4, 0.5) is 11.5 Å². The van der Waals surface area contributed by atoms with E-state index in [1.54, 1.807) is 25.2 Å². The van der Waals surface area contributed by atoms with Crippen LogP contribution in [0.25, 0.3) is 0 Å². The number of imidazole rings is 1. The summed E-state index contributed by atoms with van der Waals surface area (Å²) in [7, 11) is -2.27. The molecule has 1 aromatic heterocycles. The zero-order chi connectivity index (χ0) is 14.3. The highest BCUT2D eigenvalue weighted by atomic mass is 32.2. The van der Waals surface area contributed by atoms with E-state index in [-0.39, 0.29) is 17.6 Å². The number of rotatable bonds is 3. The van der Waals surface area contributed by atoms with Crippen molar-refractivity contribution in [2.75, 3.05) is 17.2 Å². The first-order valence-electron chi connectivity index (χ1n) is 5.66. The van der Waals surface area contributed by atoms with Crippen molar-refractivity contribution in [2.24, 2.45) is 7.05 Å². The Morgan fingerprint density at radius 2 is 2.10 bits per heavy atom. The van der Waals surface area contributed by atoms with Crippen molar-refractivity contribution in [3.05, 3.63) is 24.5 Å². The van der Waals surface area contributed by atoms with Gasteiger partial charge in [-0.3, -0.25) is 4.72 Å². The summed E-state index contributed by atoms with van der Waals surface area (Å²) in [5.74, 6) is 1.01. The number of sulfonamides is 1. The predicted octanol–water partition coefficient (Wildman–Crippen LogP) is 0.532. The minimum atomic E-state index is -3.82. The molecule has 0 unspecified atom stereocenters. The second-order valence-corrected chi connectivity index (χ2v) is 5.82. The maximum atomic E-state index is 12.3. The van der Waals surface area contributed by atoms with Crippen LogP contribution in [-0.4, -0.2) is 24.8 Å². The predicted molar refractivity (Wildman–Crippen MR) is 71.0 cm³/mol. The Kier molecular flexibility index (Phi) is 2.71. The van der Waals surface area contributed by atoms with Crippen LogP contribution in [-0.2, 0) is 17.1 Å². The maximum Gasteiger partial charge on any atom is 0.281 e. The van der Waals surface area contributed by atoms with Crippen molar-refractivity contribution in [2.45, 2.75) is 5.03 Å². The van der Waals surface area contributed by atoms with Crippen molar-refractivity contribution in [1.82, 2.24) is 9.55 Å². The molecule has 1 aliphatic heterocycles. The molecule has 0 atom stereocenters. The third-order valence-electron chi connectivity index (χ3n) is 2.79. The van der Waals surface area contributed by atoms with Crippen molar-refractivity contribution >= 4 is 21.5 Å². The number of hydrogen-bond donors (Lipinski definition) is 2. The number of aryl methyl sites for hydroxylation is 1. The summed E-state index contributed by atoms with van der Waals surface area (Å²) in [6.07, 6.45) is 1.34. The number of nitrogens with one attached hydrogen (secondary N) is 1. The number of hydrogen-bond acceptors (Lipinski definition) is 6. The molecular formula is C11H12N4O4S. The number of fused-ring (bicyclic) bond motifs is 1. The Morgan fingerprint density at radius 3 is 2.80 bits per heavy atom. The van der Waals surface area contributed by atoms with Crippen molar-refractivity contribution in [3.8, 4) is 11.5 Å². The first-order valence-corrected chi connectivity index (χ1v) is 7.15. The normalized spacial score (nSPS) is 13.4. The fourth-order valence-corrected chi connectivity index (χ4v) is 3.22. The quantitative estimate of drug-likeness (QED) is 0.855. The van der Waals surface area contributed by atoms with E-state index in [0.717, 1.165) is 0 Å². The van der Waals surface area contributed by atoms with E-state index in [1.165, 1.54) is 10.9 Å². The van der Waals surface area contributed by atoms with Gasteiger partial charge in [-0.15, -0.1) is 0 Å². The van der Waals surface area contributed by atoms with Crippen molar-refractivity contribution in [3.63, 3.8) is 0 Å². The molecule has 2 aromatic rings. The molecule has 2 heterocycles. The van der Waals surface area contributed by atoms with Gasteiger partial charge in [0.25, 0.3) is 10.0 Å². The number of benzene rings is 1. The molecule has 20 heavy (non-hydrogen) atoms. The van der Waals surface area contributed by atoms with E-state index in [1.807, 2.05) is 0 Å². The largest absolute Gasteiger partial charge is 0.454 e. The molecule has 0 saturated heterocycles. The fraction of sp³-hybridized carbons (Fsp3) is 0.182. The Hall–Kier alpha value is -2.42. The summed E-state index contributed by atoms with van der Waals surface area (Å²) in [5, 5.41) is -0.0878. The molecular weight excluding hydrogens is 284 g/mol. The number of ether oxygens (including phenoxy) is 2. The lowest BCUT2D eigenvalue weighted by Crippen LogP contribution is -2.17. The SMILES string of the molecule is Cn1cnc(N)c1S(=O)(=O)Nc1ccc2c(c1)OCO2. The van der Waals surface area contributed by atoms with Crippen LogP contribution in [0.15, 0.2) is 29.6 Å². The highest BCUT2D eigenvalue weighted by molar-refractivity contribution is 7.92. The molecule has 0 bridgehead atoms. The molecule has 0 fully saturated rings. The van der Waals surface area contributed by atoms with Gasteiger partial charge in [0.2, 0.25) is 6.79 Å². The van der Waals surface area contributed by atoms with Crippen LogP contribution in [0.5, 0.6) is 11.5 Å². The second kappa shape index (κ2) is 4.30. The third kappa shape index (κ3) is 2.01. The second-order valence-electron chi connectivity index (χ2n) is 4.22. The van der Waals surface area contributed by atoms with Crippen LogP contribution in [0.3, 0.4) is 0 Å². The molecule has 9 heteroatoms. The van der Waals surface area contributed by atoms with E-state index >= 15 is 0 Å². The van der Waals surface area contributed by atoms with E-state index in [0.29, 0.717) is 17.2 Å². The van der Waals surface area contributed by atoms with Gasteiger partial charge in [0, 0.05) is 13.1 Å². The zero-order valence-corrected chi connectivity index (χ0v) is 11.3. The molecule has 1 aliphatic rings. The summed E-state index contributed by atoms with van der Waals surface area (Å²) in [6.45, 7) is 0.125. The summed E-state index contributed by atoms with van der Waals surface area (Å²) in [6, 6.07) is 4.76. The van der Waals surface area contributed by atoms with Crippen LogP contribution in [0.1, 0.15) is 0 Å². The average molecular weight is 296 g/mol. The lowest BCUT2D eigenvalue weighted by atomic mass is 10.3. The fourth-order valence-electron chi connectivity index (χ4n) is 1.93. The molecule has 8 nitrogen and oxygen atoms in total. The van der Waals surface area contributed by atoms with E-state index in [2.05, 4.69) is 9.71 Å². The minimum Gasteiger partial charge on any atom is -0.454 e. The molecule has 0 aliphatic carbocycles. The van der Waals surface area contributed by atoms with Gasteiger partial charge in [-0.2, -0.15) is 8.42 Å². The Bertz CT molecular complexity index is 749. The molecule has 3 N–H and O–H groups in total. The Labute approximate surface area is 115 Å². The first-order chi connectivity index (χ1) is 9.47. The molecule has 0 spiro atoms. The van der Waals surface area contributed by atoms with Crippen molar-refractivity contribution < 1.29 is 17.9 Å². The average Bonchev–Trinajstić information content (AvgIpc) is 2.95. The highest BCUT2D eigenvalue weighted by Gasteiger charge is 2.23. The molecule has 0 saturated carbocycles. The van der Waals surface area contributed by atoms with E-state index in [4.69, 9.17) is 15.2 Å². The van der Waals surface area contributed by atoms with Gasteiger partial charge in [-0.25, -0.2) is 4.98 Å². The van der Waals surface area contributed by atoms with E-state index < -0.39 is 10.0 Å². The van der Waals surface area contributed by atoms with Gasteiger partial charge in [-0.1, -0.05) is 0 Å². The van der Waals surface area contributed by atoms with Crippen molar-refractivity contribution in [1.29, 1.82) is 0 Å². The minimum absolute atomic E-state index is 0.0549. The Balaban J connectivity index is 1.94. The zero-order valence-electron chi connectivity index (χ0n) is 10.5. The van der Waals surface area contributed by atoms with Gasteiger partial charge in [0.1, 0.15) is 0 Å². The lowest BCUT2D eigenvalue weighted by molar-refractivity contribution is 0.174. The standard InChI is InChI=1S/C11H12N4O4S/c1-15-5-13-10(12)11(15)20(16,17)14-7-2-3-8-9(4-7)19-6-18-8/h2-5,14H,6,12H2,1H3. The number of anilines is 2. The lowest BCUT2D eigenvalue weighted by Gasteiger charge is -2.09. The summed E-state index contributed by atoms with van der Waals surface area (Å²) in [5.41, 5.74) is 5.93. The molecule has 3 rings (SSSR count). The van der Waals surface area contributed by atoms with Gasteiger partial charge in [0.05, 0.1) is 12.0 Å². The first kappa shape index (κ1) is 12.6. The van der Waals surface area contributed by atoms with E-state index in [9.17, 15) is 8.42 Å². The number of nitrogen functional groups attached to an aromatic ring is 1. The highest BCUT2D eigenvalue weighted by Crippen LogP contribution is 2.35. The van der Waals surface area contributed by atoms with Gasteiger partial charge < -0.3 is 19.8 Å². The number of nitrogens with zero attached hydrogens (tertiary/aromatic N) is 2. The van der Waals surface area contributed by atoms with Gasteiger partial charge in [0.15, 0.2) is 22.3 Å². The van der Waals surface area contributed by atoms with Crippen LogP contribution >= 0.6 is 0 Å². The van der Waals surface area contributed by atoms with Gasteiger partial charge >= 0.3 is 0 Å². The van der Waals surface area contributed by atoms with Gasteiger partial charge in [-0.05, 0) is 12.1 Å². The number of nitrogens with two attached hydrogens (primary N) is 1. The van der Waals surface area contributed by atoms with Crippen LogP contribution < -0.4 is 19.9 Å². The summed E-state index contributed by atoms with van der Waals surface area (Å²) >= 11 is 0. The molecule has 0 amide bonds. The summed E-state index contributed by atoms with van der Waals surface area (Å²) < 4.78 is 38.7. The van der Waals surface area contributed by atoms with Crippen LogP contribution in [0.2, 0.25) is 0 Å². The maximum absolute atomic E-state index is 12.3. The molecule has 106 valence electrons. The Morgan fingerprint density at radius 1 is 1.35 bits per heavy atom.